The van der Waals surface area contributed by atoms with Crippen LogP contribution in [-0.4, -0.2) is 17.5 Å². The monoisotopic (exact) mass is 302 g/mol. The maximum absolute atomic E-state index is 12.4. The SMILES string of the molecule is CCc1nc(NC(=O)[C@H]2COc3ccccc3C2)sc1C. The smallest absolute Gasteiger partial charge is 0.233 e. The minimum atomic E-state index is -0.158. The number of benzene rings is 1. The number of fused-ring (bicyclic) bond motifs is 1. The number of aromatic nitrogens is 1. The molecule has 1 N–H and O–H groups in total. The molecule has 0 radical (unpaired) electrons. The van der Waals surface area contributed by atoms with Crippen LogP contribution in [0.25, 0.3) is 0 Å². The maximum atomic E-state index is 12.4. The summed E-state index contributed by atoms with van der Waals surface area (Å²) in [5.41, 5.74) is 2.15. The average molecular weight is 302 g/mol. The van der Waals surface area contributed by atoms with Gasteiger partial charge in [-0.2, -0.15) is 0 Å². The van der Waals surface area contributed by atoms with Crippen molar-refractivity contribution < 1.29 is 9.53 Å². The first-order chi connectivity index (χ1) is 10.2. The lowest BCUT2D eigenvalue weighted by Gasteiger charge is -2.24. The topological polar surface area (TPSA) is 51.2 Å². The molecule has 2 aromatic rings. The second kappa shape index (κ2) is 5.85. The number of rotatable bonds is 3. The molecule has 0 saturated heterocycles. The van der Waals surface area contributed by atoms with Gasteiger partial charge in [0.05, 0.1) is 11.6 Å². The lowest BCUT2D eigenvalue weighted by atomic mass is 9.96. The quantitative estimate of drug-likeness (QED) is 0.947. The molecule has 0 bridgehead atoms. The Hall–Kier alpha value is -1.88. The Morgan fingerprint density at radius 2 is 2.29 bits per heavy atom. The lowest BCUT2D eigenvalue weighted by molar-refractivity contribution is -0.121. The number of para-hydroxylation sites is 1. The van der Waals surface area contributed by atoms with Crippen molar-refractivity contribution in [1.29, 1.82) is 0 Å². The number of ether oxygens (including phenoxy) is 1. The largest absolute Gasteiger partial charge is 0.492 e. The molecule has 5 heteroatoms. The number of anilines is 1. The fourth-order valence-electron chi connectivity index (χ4n) is 2.51. The predicted molar refractivity (Wildman–Crippen MR) is 84.0 cm³/mol. The molecule has 1 aromatic carbocycles. The Kier molecular flexibility index (Phi) is 3.92. The van der Waals surface area contributed by atoms with Gasteiger partial charge in [0, 0.05) is 4.88 Å². The molecule has 1 atom stereocenters. The van der Waals surface area contributed by atoms with E-state index in [-0.39, 0.29) is 11.8 Å². The molecule has 110 valence electrons. The van der Waals surface area contributed by atoms with Gasteiger partial charge in [-0.25, -0.2) is 4.98 Å². The first-order valence-corrected chi connectivity index (χ1v) is 7.97. The fraction of sp³-hybridized carbons (Fsp3) is 0.375. The molecule has 0 saturated carbocycles. The molecular weight excluding hydrogens is 284 g/mol. The highest BCUT2D eigenvalue weighted by Gasteiger charge is 2.26. The van der Waals surface area contributed by atoms with Gasteiger partial charge < -0.3 is 10.1 Å². The Morgan fingerprint density at radius 3 is 3.05 bits per heavy atom. The van der Waals surface area contributed by atoms with Gasteiger partial charge in [-0.05, 0) is 31.4 Å². The molecule has 0 aliphatic carbocycles. The second-order valence-electron chi connectivity index (χ2n) is 5.18. The maximum Gasteiger partial charge on any atom is 0.233 e. The minimum absolute atomic E-state index is 0.0130. The number of nitrogens with one attached hydrogen (secondary N) is 1. The van der Waals surface area contributed by atoms with E-state index in [2.05, 4.69) is 17.2 Å². The standard InChI is InChI=1S/C16H18N2O2S/c1-3-13-10(2)21-16(17-13)18-15(19)12-8-11-6-4-5-7-14(11)20-9-12/h4-7,12H,3,8-9H2,1-2H3,(H,17,18,19)/t12-/m1/s1. The van der Waals surface area contributed by atoms with E-state index < -0.39 is 0 Å². The van der Waals surface area contributed by atoms with Gasteiger partial charge in [0.1, 0.15) is 12.4 Å². The predicted octanol–water partition coefficient (Wildman–Crippen LogP) is 3.20. The first kappa shape index (κ1) is 14.1. The van der Waals surface area contributed by atoms with Gasteiger partial charge in [0.15, 0.2) is 5.13 Å². The Balaban J connectivity index is 1.69. The van der Waals surface area contributed by atoms with E-state index in [9.17, 15) is 4.79 Å². The molecule has 4 nitrogen and oxygen atoms in total. The number of amides is 1. The van der Waals surface area contributed by atoms with Gasteiger partial charge in [0.2, 0.25) is 5.91 Å². The van der Waals surface area contributed by atoms with Crippen molar-refractivity contribution in [1.82, 2.24) is 4.98 Å². The number of carbonyl (C=O) groups excluding carboxylic acids is 1. The Bertz CT molecular complexity index is 666. The van der Waals surface area contributed by atoms with E-state index >= 15 is 0 Å². The van der Waals surface area contributed by atoms with E-state index in [4.69, 9.17) is 4.74 Å². The van der Waals surface area contributed by atoms with Crippen molar-refractivity contribution in [2.75, 3.05) is 11.9 Å². The van der Waals surface area contributed by atoms with Crippen LogP contribution in [0.4, 0.5) is 5.13 Å². The summed E-state index contributed by atoms with van der Waals surface area (Å²) in [7, 11) is 0. The average Bonchev–Trinajstić information content (AvgIpc) is 2.86. The molecule has 21 heavy (non-hydrogen) atoms. The van der Waals surface area contributed by atoms with Crippen molar-refractivity contribution in [3.8, 4) is 5.75 Å². The van der Waals surface area contributed by atoms with Gasteiger partial charge in [-0.15, -0.1) is 11.3 Å². The second-order valence-corrected chi connectivity index (χ2v) is 6.39. The number of carbonyl (C=O) groups is 1. The van der Waals surface area contributed by atoms with Crippen LogP contribution in [0, 0.1) is 12.8 Å². The van der Waals surface area contributed by atoms with Crippen molar-refractivity contribution in [3.63, 3.8) is 0 Å². The van der Waals surface area contributed by atoms with Gasteiger partial charge in [-0.1, -0.05) is 25.1 Å². The summed E-state index contributed by atoms with van der Waals surface area (Å²) in [6.07, 6.45) is 1.60. The Labute approximate surface area is 128 Å². The highest BCUT2D eigenvalue weighted by Crippen LogP contribution is 2.28. The molecule has 0 unspecified atom stereocenters. The summed E-state index contributed by atoms with van der Waals surface area (Å²) >= 11 is 1.53. The first-order valence-electron chi connectivity index (χ1n) is 7.15. The minimum Gasteiger partial charge on any atom is -0.492 e. The van der Waals surface area contributed by atoms with Crippen LogP contribution in [-0.2, 0) is 17.6 Å². The number of nitrogens with zero attached hydrogens (tertiary/aromatic N) is 1. The zero-order chi connectivity index (χ0) is 14.8. The lowest BCUT2D eigenvalue weighted by Crippen LogP contribution is -2.32. The highest BCUT2D eigenvalue weighted by molar-refractivity contribution is 7.15. The fourth-order valence-corrected chi connectivity index (χ4v) is 3.42. The van der Waals surface area contributed by atoms with Crippen molar-refractivity contribution in [2.24, 2.45) is 5.92 Å². The third-order valence-electron chi connectivity index (χ3n) is 3.71. The summed E-state index contributed by atoms with van der Waals surface area (Å²) in [5.74, 6) is 0.718. The van der Waals surface area contributed by atoms with Gasteiger partial charge in [-0.3, -0.25) is 4.79 Å². The highest BCUT2D eigenvalue weighted by atomic mass is 32.1. The molecule has 2 heterocycles. The van der Waals surface area contributed by atoms with Crippen LogP contribution in [0.15, 0.2) is 24.3 Å². The van der Waals surface area contributed by atoms with Crippen LogP contribution < -0.4 is 10.1 Å². The normalized spacial score (nSPS) is 17.0. The molecular formula is C16H18N2O2S. The summed E-state index contributed by atoms with van der Waals surface area (Å²) in [6, 6.07) is 7.88. The number of thiazole rings is 1. The van der Waals surface area contributed by atoms with Crippen molar-refractivity contribution in [3.05, 3.63) is 40.4 Å². The van der Waals surface area contributed by atoms with Crippen LogP contribution in [0.2, 0.25) is 0 Å². The van der Waals surface area contributed by atoms with E-state index in [1.165, 1.54) is 11.3 Å². The van der Waals surface area contributed by atoms with Crippen molar-refractivity contribution >= 4 is 22.4 Å². The van der Waals surface area contributed by atoms with E-state index in [0.29, 0.717) is 18.2 Å². The molecule has 3 rings (SSSR count). The third kappa shape index (κ3) is 2.93. The van der Waals surface area contributed by atoms with Crippen LogP contribution in [0.1, 0.15) is 23.1 Å². The van der Waals surface area contributed by atoms with Crippen LogP contribution >= 0.6 is 11.3 Å². The molecule has 1 aromatic heterocycles. The third-order valence-corrected chi connectivity index (χ3v) is 4.64. The van der Waals surface area contributed by atoms with E-state index in [1.54, 1.807) is 0 Å². The van der Waals surface area contributed by atoms with E-state index in [0.717, 1.165) is 28.3 Å². The summed E-state index contributed by atoms with van der Waals surface area (Å²) in [6.45, 7) is 4.53. The zero-order valence-electron chi connectivity index (χ0n) is 12.2. The molecule has 1 aliphatic heterocycles. The number of hydrogen-bond donors (Lipinski definition) is 1. The molecule has 1 aliphatic rings. The number of aryl methyl sites for hydroxylation is 2. The summed E-state index contributed by atoms with van der Waals surface area (Å²) in [5, 5.41) is 3.61. The van der Waals surface area contributed by atoms with Gasteiger partial charge >= 0.3 is 0 Å². The molecule has 0 spiro atoms. The summed E-state index contributed by atoms with van der Waals surface area (Å²) in [4.78, 5) is 18.0. The van der Waals surface area contributed by atoms with Crippen LogP contribution in [0.3, 0.4) is 0 Å². The Morgan fingerprint density at radius 1 is 1.48 bits per heavy atom. The van der Waals surface area contributed by atoms with Crippen LogP contribution in [0.5, 0.6) is 5.75 Å². The van der Waals surface area contributed by atoms with Gasteiger partial charge in [0.25, 0.3) is 0 Å². The molecule has 0 fully saturated rings. The number of hydrogen-bond acceptors (Lipinski definition) is 4. The summed E-state index contributed by atoms with van der Waals surface area (Å²) < 4.78 is 5.67. The molecule has 1 amide bonds. The zero-order valence-corrected chi connectivity index (χ0v) is 13.0. The van der Waals surface area contributed by atoms with E-state index in [1.807, 2.05) is 31.2 Å². The van der Waals surface area contributed by atoms with Crippen molar-refractivity contribution in [2.45, 2.75) is 26.7 Å².